The minimum atomic E-state index is -4.41. The Hall–Kier alpha value is -3.69. The zero-order valence-electron chi connectivity index (χ0n) is 25.5. The molecule has 1 fully saturated rings. The van der Waals surface area contributed by atoms with Gasteiger partial charge >= 0.3 is 12.1 Å². The molecule has 1 aliphatic rings. The molecule has 4 rings (SSSR count). The topological polar surface area (TPSA) is 70.7 Å². The minimum absolute atomic E-state index is 0.0152. The van der Waals surface area contributed by atoms with Crippen LogP contribution in [0.15, 0.2) is 78.9 Å². The molecule has 0 spiro atoms. The summed E-state index contributed by atoms with van der Waals surface area (Å²) in [5, 5.41) is 6.13. The molecule has 1 heterocycles. The van der Waals surface area contributed by atoms with Crippen molar-refractivity contribution in [2.24, 2.45) is 0 Å². The van der Waals surface area contributed by atoms with Crippen LogP contribution in [0.2, 0.25) is 0 Å². The summed E-state index contributed by atoms with van der Waals surface area (Å²) in [5.74, 6) is -0.415. The minimum Gasteiger partial charge on any atom is -0.464 e. The number of hydrogen-bond donors (Lipinski definition) is 2. The number of likely N-dealkylation sites (tertiary alicyclic amines) is 1. The number of nitrogens with zero attached hydrogens (tertiary/aromatic N) is 1. The first-order chi connectivity index (χ1) is 21.1. The number of likely N-dealkylation sites (N-methyl/N-ethyl adjacent to an activating group) is 1. The van der Waals surface area contributed by atoms with Gasteiger partial charge in [0.1, 0.15) is 6.61 Å². The van der Waals surface area contributed by atoms with E-state index < -0.39 is 11.7 Å². The smallest absolute Gasteiger partial charge is 0.416 e. The monoisotopic (exact) mass is 609 g/mol. The van der Waals surface area contributed by atoms with Crippen LogP contribution in [-0.4, -0.2) is 62.7 Å². The van der Waals surface area contributed by atoms with E-state index in [-0.39, 0.29) is 23.3 Å². The molecular weight excluding hydrogens is 567 g/mol. The van der Waals surface area contributed by atoms with Crippen LogP contribution in [0, 0.1) is 0 Å². The quantitative estimate of drug-likeness (QED) is 0.172. The van der Waals surface area contributed by atoms with E-state index in [9.17, 15) is 22.8 Å². The van der Waals surface area contributed by atoms with E-state index in [1.165, 1.54) is 12.1 Å². The van der Waals surface area contributed by atoms with Gasteiger partial charge in [-0.1, -0.05) is 67.6 Å². The number of piperidine rings is 1. The second kappa shape index (κ2) is 15.3. The predicted octanol–water partition coefficient (Wildman–Crippen LogP) is 6.46. The maximum atomic E-state index is 13.3. The molecule has 6 nitrogen and oxygen atoms in total. The van der Waals surface area contributed by atoms with E-state index in [0.29, 0.717) is 36.3 Å². The summed E-state index contributed by atoms with van der Waals surface area (Å²) >= 11 is 0. The first-order valence-electron chi connectivity index (χ1n) is 15.2. The van der Waals surface area contributed by atoms with Gasteiger partial charge in [0.2, 0.25) is 0 Å². The van der Waals surface area contributed by atoms with E-state index in [4.69, 9.17) is 4.74 Å². The number of esters is 1. The van der Waals surface area contributed by atoms with Crippen LogP contribution in [0.3, 0.4) is 0 Å². The predicted molar refractivity (Wildman–Crippen MR) is 166 cm³/mol. The zero-order valence-corrected chi connectivity index (χ0v) is 25.5. The zero-order chi connectivity index (χ0) is 31.6. The average molecular weight is 610 g/mol. The van der Waals surface area contributed by atoms with Crippen LogP contribution < -0.4 is 10.6 Å². The number of nitrogens with one attached hydrogen (secondary N) is 2. The van der Waals surface area contributed by atoms with Crippen LogP contribution in [0.5, 0.6) is 0 Å². The van der Waals surface area contributed by atoms with Gasteiger partial charge in [0.25, 0.3) is 5.91 Å². The summed E-state index contributed by atoms with van der Waals surface area (Å²) in [4.78, 5) is 28.3. The van der Waals surface area contributed by atoms with Gasteiger partial charge in [-0.25, -0.2) is 0 Å². The van der Waals surface area contributed by atoms with Crippen molar-refractivity contribution in [3.05, 3.63) is 95.6 Å². The maximum Gasteiger partial charge on any atom is 0.416 e. The molecular formula is C35H42F3N3O3. The number of carbonyl (C=O) groups is 2. The summed E-state index contributed by atoms with van der Waals surface area (Å²) in [6.45, 7) is 5.70. The summed E-state index contributed by atoms with van der Waals surface area (Å²) in [5.41, 5.74) is 1.69. The lowest BCUT2D eigenvalue weighted by Crippen LogP contribution is -2.45. The fourth-order valence-corrected chi connectivity index (χ4v) is 5.84. The highest BCUT2D eigenvalue weighted by Gasteiger charge is 2.32. The number of rotatable bonds is 13. The largest absolute Gasteiger partial charge is 0.464 e. The van der Waals surface area contributed by atoms with Crippen molar-refractivity contribution < 1.29 is 27.5 Å². The Morgan fingerprint density at radius 2 is 1.57 bits per heavy atom. The van der Waals surface area contributed by atoms with Gasteiger partial charge in [-0.2, -0.15) is 13.2 Å². The molecule has 2 N–H and O–H groups in total. The molecule has 44 heavy (non-hydrogen) atoms. The van der Waals surface area contributed by atoms with Crippen LogP contribution in [-0.2, 0) is 21.1 Å². The Morgan fingerprint density at radius 1 is 0.909 bits per heavy atom. The van der Waals surface area contributed by atoms with Gasteiger partial charge in [0, 0.05) is 36.7 Å². The lowest BCUT2D eigenvalue weighted by molar-refractivity contribution is -0.145. The highest BCUT2D eigenvalue weighted by molar-refractivity contribution is 6.01. The fraction of sp³-hybridized carbons (Fsp3) is 0.429. The molecule has 1 atom stereocenters. The molecule has 236 valence electrons. The number of amides is 1. The summed E-state index contributed by atoms with van der Waals surface area (Å²) in [7, 11) is 1.82. The fourth-order valence-electron chi connectivity index (χ4n) is 5.84. The van der Waals surface area contributed by atoms with E-state index in [1.807, 2.05) is 25.2 Å². The molecule has 1 amide bonds. The third-order valence-electron chi connectivity index (χ3n) is 8.44. The third-order valence-corrected chi connectivity index (χ3v) is 8.44. The number of carbonyl (C=O) groups excluding carboxylic acids is 2. The van der Waals surface area contributed by atoms with E-state index in [2.05, 4.69) is 34.6 Å². The molecule has 0 radical (unpaired) electrons. The molecule has 0 saturated carbocycles. The van der Waals surface area contributed by atoms with Crippen LogP contribution in [0.4, 0.5) is 13.2 Å². The number of benzene rings is 3. The van der Waals surface area contributed by atoms with Crippen LogP contribution in [0.1, 0.15) is 60.5 Å². The summed E-state index contributed by atoms with van der Waals surface area (Å²) in [6, 6.07) is 22.0. The molecule has 0 aromatic heterocycles. The van der Waals surface area contributed by atoms with Gasteiger partial charge < -0.3 is 20.3 Å². The van der Waals surface area contributed by atoms with E-state index in [0.717, 1.165) is 63.0 Å². The second-order valence-corrected chi connectivity index (χ2v) is 11.7. The van der Waals surface area contributed by atoms with Crippen LogP contribution in [0.25, 0.3) is 11.1 Å². The lowest BCUT2D eigenvalue weighted by atomic mass is 9.76. The first-order valence-corrected chi connectivity index (χ1v) is 15.2. The van der Waals surface area contributed by atoms with Gasteiger partial charge in [-0.3, -0.25) is 9.59 Å². The Labute approximate surface area is 258 Å². The van der Waals surface area contributed by atoms with E-state index in [1.54, 1.807) is 24.3 Å². The highest BCUT2D eigenvalue weighted by Crippen LogP contribution is 2.34. The standard InChI is InChI=1S/C35H42F3N3O3/c1-34(27-9-4-3-5-10-27,25-32(42)44-24-20-39-2)19-8-21-41-22-17-29(18-23-41)40-33(43)31-12-7-6-11-30(31)26-13-15-28(16-14-26)35(36,37)38/h3-7,9-16,29,39H,8,17-25H2,1-2H3,(H,40,43). The Bertz CT molecular complexity index is 1360. The van der Waals surface area contributed by atoms with Crippen molar-refractivity contribution >= 4 is 11.9 Å². The van der Waals surface area contributed by atoms with Gasteiger partial charge in [-0.05, 0) is 74.2 Å². The van der Waals surface area contributed by atoms with Crippen molar-refractivity contribution in [2.75, 3.05) is 39.8 Å². The normalized spacial score (nSPS) is 15.8. The second-order valence-electron chi connectivity index (χ2n) is 11.7. The number of ether oxygens (including phenoxy) is 1. The van der Waals surface area contributed by atoms with Crippen molar-refractivity contribution in [2.45, 2.75) is 56.7 Å². The summed E-state index contributed by atoms with van der Waals surface area (Å²) in [6.07, 6.45) is -0.708. The van der Waals surface area contributed by atoms with Gasteiger partial charge in [-0.15, -0.1) is 0 Å². The molecule has 3 aromatic rings. The number of hydrogen-bond acceptors (Lipinski definition) is 5. The number of alkyl halides is 3. The highest BCUT2D eigenvalue weighted by atomic mass is 19.4. The van der Waals surface area contributed by atoms with Crippen molar-refractivity contribution in [3.63, 3.8) is 0 Å². The Morgan fingerprint density at radius 3 is 2.23 bits per heavy atom. The Balaban J connectivity index is 1.29. The van der Waals surface area contributed by atoms with Crippen molar-refractivity contribution in [1.29, 1.82) is 0 Å². The van der Waals surface area contributed by atoms with Gasteiger partial charge in [0.15, 0.2) is 0 Å². The first kappa shape index (κ1) is 33.2. The molecule has 3 aromatic carbocycles. The van der Waals surface area contributed by atoms with Crippen molar-refractivity contribution in [3.8, 4) is 11.1 Å². The Kier molecular flexibility index (Phi) is 11.6. The molecule has 1 unspecified atom stereocenters. The van der Waals surface area contributed by atoms with E-state index >= 15 is 0 Å². The third kappa shape index (κ3) is 9.16. The van der Waals surface area contributed by atoms with Crippen LogP contribution >= 0.6 is 0 Å². The molecule has 9 heteroatoms. The summed E-state index contributed by atoms with van der Waals surface area (Å²) < 4.78 is 44.5. The SMILES string of the molecule is CNCCOC(=O)CC(C)(CCCN1CCC(NC(=O)c2ccccc2-c2ccc(C(F)(F)F)cc2)CC1)c1ccccc1. The number of halogens is 3. The molecule has 0 aliphatic carbocycles. The average Bonchev–Trinajstić information content (AvgIpc) is 3.02. The van der Waals surface area contributed by atoms with Gasteiger partial charge in [0.05, 0.1) is 12.0 Å². The maximum absolute atomic E-state index is 13.3. The lowest BCUT2D eigenvalue weighted by Gasteiger charge is -2.34. The van der Waals surface area contributed by atoms with Crippen molar-refractivity contribution in [1.82, 2.24) is 15.5 Å². The molecule has 1 saturated heterocycles. The molecule has 1 aliphatic heterocycles. The molecule has 0 bridgehead atoms.